The second kappa shape index (κ2) is 12.1. The van der Waals surface area contributed by atoms with Crippen LogP contribution in [0.1, 0.15) is 24.0 Å². The maximum absolute atomic E-state index is 14.4. The Hall–Kier alpha value is -2.36. The highest BCUT2D eigenvalue weighted by molar-refractivity contribution is 7.92. The van der Waals surface area contributed by atoms with E-state index in [2.05, 4.69) is 10.0 Å². The van der Waals surface area contributed by atoms with Crippen molar-refractivity contribution in [2.75, 3.05) is 17.5 Å². The van der Waals surface area contributed by atoms with Gasteiger partial charge in [0.1, 0.15) is 17.7 Å². The van der Waals surface area contributed by atoms with Crippen LogP contribution < -0.4 is 14.8 Å². The third-order valence-corrected chi connectivity index (χ3v) is 6.61. The van der Waals surface area contributed by atoms with Crippen molar-refractivity contribution in [3.63, 3.8) is 0 Å². The predicted octanol–water partition coefficient (Wildman–Crippen LogP) is 5.21. The lowest BCUT2D eigenvalue weighted by molar-refractivity contribution is 0.0261. The quantitative estimate of drug-likeness (QED) is 0.291. The van der Waals surface area contributed by atoms with Crippen molar-refractivity contribution < 1.29 is 22.7 Å². The Balaban J connectivity index is 1.76. The van der Waals surface area contributed by atoms with Gasteiger partial charge < -0.3 is 9.84 Å². The Labute approximate surface area is 215 Å². The summed E-state index contributed by atoms with van der Waals surface area (Å²) < 4.78 is 45.4. The van der Waals surface area contributed by atoms with E-state index in [1.165, 1.54) is 6.07 Å². The average Bonchev–Trinajstić information content (AvgIpc) is 2.78. The number of benzene rings is 3. The topological polar surface area (TPSA) is 87.7 Å². The highest BCUT2D eigenvalue weighted by Gasteiger charge is 2.21. The van der Waals surface area contributed by atoms with Crippen LogP contribution in [0.5, 0.6) is 5.75 Å². The molecular weight excluding hydrogens is 514 g/mol. The molecule has 0 fully saturated rings. The SMILES string of the molecule is CC(O)C(NCC(Cc1ccccc1F)c1ccc(Cl)c(Cl)c1)Oc1ccc(NS(C)(=O)=O)cc1. The second-order valence-corrected chi connectivity index (χ2v) is 10.8. The normalized spacial score (nSPS) is 14.2. The summed E-state index contributed by atoms with van der Waals surface area (Å²) in [5, 5.41) is 14.3. The summed E-state index contributed by atoms with van der Waals surface area (Å²) in [6.45, 7) is 1.93. The number of anilines is 1. The molecule has 35 heavy (non-hydrogen) atoms. The first-order valence-corrected chi connectivity index (χ1v) is 13.5. The van der Waals surface area contributed by atoms with Crippen molar-refractivity contribution in [2.24, 2.45) is 0 Å². The van der Waals surface area contributed by atoms with Gasteiger partial charge in [0.15, 0.2) is 6.23 Å². The molecule has 6 nitrogen and oxygen atoms in total. The third kappa shape index (κ3) is 8.37. The zero-order chi connectivity index (χ0) is 25.6. The van der Waals surface area contributed by atoms with E-state index in [4.69, 9.17) is 27.9 Å². The minimum absolute atomic E-state index is 0.201. The standard InChI is InChI=1S/C25H27Cl2FN2O4S/c1-16(31)25(34-21-10-8-20(9-11-21)30-35(2,32)33)29-15-19(13-18-5-3-4-6-24(18)28)17-7-12-22(26)23(27)14-17/h3-12,14,16,19,25,29-31H,13,15H2,1-2H3. The number of aliphatic hydroxyl groups is 1. The zero-order valence-electron chi connectivity index (χ0n) is 19.2. The fourth-order valence-corrected chi connectivity index (χ4v) is 4.41. The molecule has 0 saturated heterocycles. The molecule has 0 amide bonds. The first kappa shape index (κ1) is 27.2. The number of ether oxygens (including phenoxy) is 1. The molecule has 0 aliphatic heterocycles. The van der Waals surface area contributed by atoms with Crippen LogP contribution >= 0.6 is 23.2 Å². The van der Waals surface area contributed by atoms with Gasteiger partial charge in [0, 0.05) is 18.2 Å². The number of hydrogen-bond acceptors (Lipinski definition) is 5. The van der Waals surface area contributed by atoms with E-state index >= 15 is 0 Å². The van der Waals surface area contributed by atoms with Gasteiger partial charge in [-0.1, -0.05) is 47.5 Å². The van der Waals surface area contributed by atoms with Crippen LogP contribution in [0.3, 0.4) is 0 Å². The molecule has 3 unspecified atom stereocenters. The Bertz CT molecular complexity index is 1240. The summed E-state index contributed by atoms with van der Waals surface area (Å²) in [5.41, 5.74) is 1.80. The highest BCUT2D eigenvalue weighted by Crippen LogP contribution is 2.29. The molecule has 3 aromatic carbocycles. The molecule has 188 valence electrons. The van der Waals surface area contributed by atoms with Crippen LogP contribution in [-0.2, 0) is 16.4 Å². The molecule has 0 heterocycles. The van der Waals surface area contributed by atoms with Crippen LogP contribution in [0.2, 0.25) is 10.0 Å². The van der Waals surface area contributed by atoms with Crippen LogP contribution in [0.4, 0.5) is 10.1 Å². The molecule has 0 radical (unpaired) electrons. The largest absolute Gasteiger partial charge is 0.473 e. The van der Waals surface area contributed by atoms with Crippen molar-refractivity contribution in [2.45, 2.75) is 31.6 Å². The molecule has 0 aromatic heterocycles. The molecule has 0 bridgehead atoms. The van der Waals surface area contributed by atoms with E-state index in [1.54, 1.807) is 61.5 Å². The van der Waals surface area contributed by atoms with E-state index in [-0.39, 0.29) is 11.7 Å². The van der Waals surface area contributed by atoms with Gasteiger partial charge in [0.05, 0.1) is 16.3 Å². The van der Waals surface area contributed by atoms with Gasteiger partial charge in [-0.15, -0.1) is 0 Å². The first-order chi connectivity index (χ1) is 16.5. The second-order valence-electron chi connectivity index (χ2n) is 8.25. The lowest BCUT2D eigenvalue weighted by Gasteiger charge is -2.26. The number of sulfonamides is 1. The van der Waals surface area contributed by atoms with Crippen LogP contribution in [0, 0.1) is 5.82 Å². The van der Waals surface area contributed by atoms with Gasteiger partial charge in [-0.3, -0.25) is 10.0 Å². The molecule has 10 heteroatoms. The summed E-state index contributed by atoms with van der Waals surface area (Å²) >= 11 is 12.3. The molecular formula is C25H27Cl2FN2O4S. The average molecular weight is 541 g/mol. The van der Waals surface area contributed by atoms with Gasteiger partial charge in [0.25, 0.3) is 0 Å². The monoisotopic (exact) mass is 540 g/mol. The Kier molecular flexibility index (Phi) is 9.38. The smallest absolute Gasteiger partial charge is 0.229 e. The summed E-state index contributed by atoms with van der Waals surface area (Å²) in [6, 6.07) is 18.2. The zero-order valence-corrected chi connectivity index (χ0v) is 21.5. The van der Waals surface area contributed by atoms with Crippen molar-refractivity contribution in [3.8, 4) is 5.75 Å². The van der Waals surface area contributed by atoms with Crippen LogP contribution in [0.25, 0.3) is 0 Å². The van der Waals surface area contributed by atoms with E-state index in [1.807, 2.05) is 6.07 Å². The molecule has 0 saturated carbocycles. The maximum Gasteiger partial charge on any atom is 0.229 e. The van der Waals surface area contributed by atoms with Gasteiger partial charge in [-0.25, -0.2) is 12.8 Å². The van der Waals surface area contributed by atoms with Crippen LogP contribution in [0.15, 0.2) is 66.7 Å². The van der Waals surface area contributed by atoms with Crippen molar-refractivity contribution in [3.05, 3.63) is 93.7 Å². The fraction of sp³-hybridized carbons (Fsp3) is 0.280. The molecule has 3 N–H and O–H groups in total. The van der Waals surface area contributed by atoms with Crippen molar-refractivity contribution in [1.82, 2.24) is 5.32 Å². The molecule has 3 rings (SSSR count). The third-order valence-electron chi connectivity index (χ3n) is 5.26. The van der Waals surface area contributed by atoms with E-state index < -0.39 is 22.4 Å². The van der Waals surface area contributed by atoms with Crippen molar-refractivity contribution >= 4 is 38.9 Å². The fourth-order valence-electron chi connectivity index (χ4n) is 3.53. The molecule has 0 aliphatic carbocycles. The summed E-state index contributed by atoms with van der Waals surface area (Å²) in [7, 11) is -3.39. The minimum Gasteiger partial charge on any atom is -0.473 e. The minimum atomic E-state index is -3.39. The van der Waals surface area contributed by atoms with Gasteiger partial charge in [0.2, 0.25) is 10.0 Å². The van der Waals surface area contributed by atoms with Gasteiger partial charge >= 0.3 is 0 Å². The summed E-state index contributed by atoms with van der Waals surface area (Å²) in [6.07, 6.45) is -0.215. The number of hydrogen-bond donors (Lipinski definition) is 3. The van der Waals surface area contributed by atoms with Crippen LogP contribution in [-0.4, -0.2) is 38.7 Å². The molecule has 0 aliphatic rings. The Morgan fingerprint density at radius 2 is 1.71 bits per heavy atom. The number of nitrogens with one attached hydrogen (secondary N) is 2. The maximum atomic E-state index is 14.4. The molecule has 3 atom stereocenters. The number of aliphatic hydroxyl groups excluding tert-OH is 1. The van der Waals surface area contributed by atoms with E-state index in [0.29, 0.717) is 40.0 Å². The summed E-state index contributed by atoms with van der Waals surface area (Å²) in [5.74, 6) is -0.0702. The lowest BCUT2D eigenvalue weighted by Crippen LogP contribution is -2.45. The summed E-state index contributed by atoms with van der Waals surface area (Å²) in [4.78, 5) is 0. The van der Waals surface area contributed by atoms with E-state index in [0.717, 1.165) is 11.8 Å². The predicted molar refractivity (Wildman–Crippen MR) is 138 cm³/mol. The molecule has 0 spiro atoms. The van der Waals surface area contributed by atoms with Crippen molar-refractivity contribution in [1.29, 1.82) is 0 Å². The molecule has 3 aromatic rings. The van der Waals surface area contributed by atoms with Gasteiger partial charge in [-0.05, 0) is 66.9 Å². The Morgan fingerprint density at radius 1 is 1.03 bits per heavy atom. The highest BCUT2D eigenvalue weighted by atomic mass is 35.5. The Morgan fingerprint density at radius 3 is 2.31 bits per heavy atom. The number of rotatable bonds is 11. The van der Waals surface area contributed by atoms with E-state index in [9.17, 15) is 17.9 Å². The van der Waals surface area contributed by atoms with Gasteiger partial charge in [-0.2, -0.15) is 0 Å². The number of halogens is 3. The lowest BCUT2D eigenvalue weighted by atomic mass is 9.91. The first-order valence-electron chi connectivity index (χ1n) is 10.9.